The first-order chi connectivity index (χ1) is 28.4. The molecule has 6 unspecified atom stereocenters. The van der Waals surface area contributed by atoms with Gasteiger partial charge in [-0.1, -0.05) is 0 Å². The number of fused-ring (bicyclic) bond motifs is 1. The van der Waals surface area contributed by atoms with Crippen molar-refractivity contribution < 1.29 is 119 Å². The van der Waals surface area contributed by atoms with Crippen molar-refractivity contribution in [1.82, 2.24) is 0 Å². The fourth-order valence-electron chi connectivity index (χ4n) is 6.60. The molecule has 24 heteroatoms. The summed E-state index contributed by atoms with van der Waals surface area (Å²) in [4.78, 5) is 23.1. The van der Waals surface area contributed by atoms with E-state index in [1.807, 2.05) is 0 Å². The van der Waals surface area contributed by atoms with Crippen LogP contribution in [0.5, 0.6) is 28.7 Å². The molecule has 3 aliphatic rings. The third-order valence-electron chi connectivity index (χ3n) is 9.86. The average Bonchev–Trinajstić information content (AvgIpc) is 3.20. The highest BCUT2D eigenvalue weighted by Crippen LogP contribution is 2.43. The van der Waals surface area contributed by atoms with Crippen LogP contribution >= 0.6 is 0 Å². The number of carbonyl (C=O) groups excluding carboxylic acids is 1. The first-order valence-corrected chi connectivity index (χ1v) is 18.1. The van der Waals surface area contributed by atoms with Crippen molar-refractivity contribution in [2.45, 2.75) is 98.5 Å². The summed E-state index contributed by atoms with van der Waals surface area (Å²) in [5.41, 5.74) is -0.245. The Morgan fingerprint density at radius 1 is 0.633 bits per heavy atom. The van der Waals surface area contributed by atoms with Gasteiger partial charge in [-0.05, 0) is 12.1 Å². The predicted octanol–water partition coefficient (Wildman–Crippen LogP) is -4.30. The van der Waals surface area contributed by atoms with Crippen LogP contribution in [0.2, 0.25) is 0 Å². The highest BCUT2D eigenvalue weighted by molar-refractivity contribution is 5.90. The van der Waals surface area contributed by atoms with E-state index in [9.17, 15) is 76.0 Å². The number of aliphatic carboxylic acids is 1. The molecule has 3 aromatic rings. The lowest BCUT2D eigenvalue weighted by Crippen LogP contribution is -2.65. The molecule has 0 saturated carbocycles. The Kier molecular flexibility index (Phi) is 13.8. The summed E-state index contributed by atoms with van der Waals surface area (Å²) in [6.45, 7) is -2.57. The number of aromatic hydroxyl groups is 3. The van der Waals surface area contributed by atoms with Crippen LogP contribution < -0.4 is 9.47 Å². The smallest absolute Gasteiger partial charge is 0.402 e. The van der Waals surface area contributed by atoms with E-state index >= 15 is 0 Å². The maximum Gasteiger partial charge on any atom is 0.402 e. The first kappa shape index (κ1) is 44.8. The number of carbonyl (C=O) groups is 2. The first-order valence-electron chi connectivity index (χ1n) is 18.1. The number of esters is 1. The molecule has 0 aliphatic carbocycles. The van der Waals surface area contributed by atoms with E-state index in [0.717, 1.165) is 30.3 Å². The second kappa shape index (κ2) is 18.5. The van der Waals surface area contributed by atoms with E-state index in [0.29, 0.717) is 0 Å². The Morgan fingerprint density at radius 3 is 1.83 bits per heavy atom. The zero-order chi connectivity index (χ0) is 43.7. The Morgan fingerprint density at radius 2 is 1.22 bits per heavy atom. The topological polar surface area (TPSA) is 393 Å². The predicted molar refractivity (Wildman–Crippen MR) is 189 cm³/mol. The molecule has 24 nitrogen and oxygen atoms in total. The minimum Gasteiger partial charge on any atom is -0.507 e. The molecule has 3 aliphatic heterocycles. The van der Waals surface area contributed by atoms with Gasteiger partial charge >= 0.3 is 23.3 Å². The monoisotopic (exact) mass is 859 g/mol. The highest BCUT2D eigenvalue weighted by atomic mass is 16.8. The molecule has 1 aromatic heterocycles. The van der Waals surface area contributed by atoms with Crippen molar-refractivity contribution in [2.24, 2.45) is 0 Å². The third-order valence-corrected chi connectivity index (χ3v) is 9.86. The summed E-state index contributed by atoms with van der Waals surface area (Å²) in [6.07, 6.45) is -29.0. The van der Waals surface area contributed by atoms with Gasteiger partial charge in [0.2, 0.25) is 18.3 Å². The van der Waals surface area contributed by atoms with Gasteiger partial charge in [0.1, 0.15) is 97.1 Å². The Bertz CT molecular complexity index is 1990. The summed E-state index contributed by atoms with van der Waals surface area (Å²) in [7, 11) is 0. The molecule has 0 spiro atoms. The van der Waals surface area contributed by atoms with E-state index in [-0.39, 0.29) is 28.0 Å². The van der Waals surface area contributed by atoms with Gasteiger partial charge in [0.25, 0.3) is 0 Å². The molecule has 60 heavy (non-hydrogen) atoms. The zero-order valence-electron chi connectivity index (χ0n) is 30.8. The Hall–Kier alpha value is -4.77. The summed E-state index contributed by atoms with van der Waals surface area (Å²) in [5.74, 6) is -5.64. The standard InChI is InChI=1S/C36H42O24/c37-8-19-24(45)27(48)30(51)34(57-19)55-17-5-12(39)4-16-13(17)6-18(32(54-16)11-1-2-14(40)15(41)3-11)56-36-33(60-35-31(52)28(49)25(46)20(9-38)58-35)29(50)26(47)21(59-36)10-53-23(44)7-22(42)43/h1-6,19-21,24-31,33-38,45-52H,7-10H2,(H3-,39,40,41,42,43)/p+1/t19?,20?,21?,24-,25-,26-,27+,28+,29?,30?,31?,33-,34-,35+,36-/m1/s1. The third kappa shape index (κ3) is 9.26. The van der Waals surface area contributed by atoms with E-state index in [2.05, 4.69) is 0 Å². The molecular weight excluding hydrogens is 816 g/mol. The Labute approximate surface area is 336 Å². The SMILES string of the molecule is O=C(O)CC(=O)OCC1O[C@@H](Oc2cc3c(O[C@@H]4OC(CO)[C@@H](O)[C@H](O)C4O)cc(O)cc3[o+]c2-c2ccc(O)c(O)c2)[C@H](O[C@@H]2OC(CO)[C@@H](O)[C@H](O)C2O)C(O)[C@@H]1O. The molecule has 3 saturated heterocycles. The van der Waals surface area contributed by atoms with Crippen molar-refractivity contribution >= 4 is 22.9 Å². The number of aliphatic hydroxyl groups is 10. The summed E-state index contributed by atoms with van der Waals surface area (Å²) < 4.78 is 45.6. The van der Waals surface area contributed by atoms with Gasteiger partial charge in [0.05, 0.1) is 24.8 Å². The number of hydrogen-bond acceptors (Lipinski definition) is 22. The lowest BCUT2D eigenvalue weighted by atomic mass is 9.97. The number of carboxylic acids is 1. The number of benzene rings is 2. The van der Waals surface area contributed by atoms with Crippen LogP contribution in [-0.2, 0) is 33.3 Å². The van der Waals surface area contributed by atoms with Gasteiger partial charge in [-0.3, -0.25) is 9.59 Å². The van der Waals surface area contributed by atoms with Gasteiger partial charge in [0.15, 0.2) is 23.9 Å². The summed E-state index contributed by atoms with van der Waals surface area (Å²) >= 11 is 0. The van der Waals surface area contributed by atoms with Crippen LogP contribution in [0.4, 0.5) is 0 Å². The molecule has 0 bridgehead atoms. The lowest BCUT2D eigenvalue weighted by Gasteiger charge is -2.45. The molecule has 15 atom stereocenters. The summed E-state index contributed by atoms with van der Waals surface area (Å²) in [6, 6.07) is 6.59. The number of aliphatic hydroxyl groups excluding tert-OH is 10. The largest absolute Gasteiger partial charge is 0.507 e. The zero-order valence-corrected chi connectivity index (χ0v) is 30.8. The fourth-order valence-corrected chi connectivity index (χ4v) is 6.60. The number of hydrogen-bond donors (Lipinski definition) is 14. The number of carboxylic acid groups (broad SMARTS) is 1. The number of rotatable bonds is 13. The number of ether oxygens (including phenoxy) is 7. The quantitative estimate of drug-likeness (QED) is 0.0335. The lowest BCUT2D eigenvalue weighted by molar-refractivity contribution is -0.358. The van der Waals surface area contributed by atoms with Gasteiger partial charge < -0.3 is 105 Å². The molecule has 14 N–H and O–H groups in total. The second-order valence-corrected chi connectivity index (χ2v) is 14.0. The maximum atomic E-state index is 12.1. The van der Waals surface area contributed by atoms with Crippen molar-refractivity contribution in [1.29, 1.82) is 0 Å². The van der Waals surface area contributed by atoms with Crippen LogP contribution in [-0.4, -0.2) is 195 Å². The number of phenolic OH excluding ortho intramolecular Hbond substituents is 3. The average molecular weight is 860 g/mol. The van der Waals surface area contributed by atoms with Gasteiger partial charge in [-0.15, -0.1) is 0 Å². The molecule has 6 rings (SSSR count). The fraction of sp³-hybridized carbons (Fsp3) is 0.528. The van der Waals surface area contributed by atoms with Crippen LogP contribution in [0.3, 0.4) is 0 Å². The van der Waals surface area contributed by atoms with Gasteiger partial charge in [-0.2, -0.15) is 0 Å². The van der Waals surface area contributed by atoms with E-state index in [1.165, 1.54) is 6.07 Å². The van der Waals surface area contributed by atoms with Crippen molar-refractivity contribution in [2.75, 3.05) is 19.8 Å². The van der Waals surface area contributed by atoms with Crippen molar-refractivity contribution in [3.63, 3.8) is 0 Å². The van der Waals surface area contributed by atoms with Crippen LogP contribution in [0, 0.1) is 0 Å². The van der Waals surface area contributed by atoms with Crippen LogP contribution in [0.15, 0.2) is 40.8 Å². The normalized spacial score (nSPS) is 34.5. The Balaban J connectivity index is 1.44. The van der Waals surface area contributed by atoms with E-state index in [4.69, 9.17) is 42.7 Å². The van der Waals surface area contributed by atoms with Crippen molar-refractivity contribution in [3.8, 4) is 40.1 Å². The molecule has 0 radical (unpaired) electrons. The van der Waals surface area contributed by atoms with Crippen LogP contribution in [0.25, 0.3) is 22.3 Å². The van der Waals surface area contributed by atoms with E-state index < -0.39 is 153 Å². The minimum absolute atomic E-state index is 0.0381. The molecule has 2 aromatic carbocycles. The molecule has 330 valence electrons. The summed E-state index contributed by atoms with van der Waals surface area (Å²) in [5, 5.41) is 145. The molecule has 3 fully saturated rings. The molecular formula is C36H43O24+. The molecule has 0 amide bonds. The minimum atomic E-state index is -2.13. The van der Waals surface area contributed by atoms with Gasteiger partial charge in [-0.25, -0.2) is 4.42 Å². The second-order valence-electron chi connectivity index (χ2n) is 14.0. The molecule has 4 heterocycles. The van der Waals surface area contributed by atoms with Crippen LogP contribution in [0.1, 0.15) is 6.42 Å². The maximum absolute atomic E-state index is 12.1. The highest BCUT2D eigenvalue weighted by Gasteiger charge is 2.52. The van der Waals surface area contributed by atoms with E-state index in [1.54, 1.807) is 0 Å². The number of phenols is 3. The van der Waals surface area contributed by atoms with Crippen molar-refractivity contribution in [3.05, 3.63) is 36.4 Å². The van der Waals surface area contributed by atoms with Gasteiger partial charge in [0, 0.05) is 18.2 Å².